The molecule has 2 rings (SSSR count). The van der Waals surface area contributed by atoms with E-state index in [1.807, 2.05) is 30.3 Å². The fourth-order valence-corrected chi connectivity index (χ4v) is 2.05. The van der Waals surface area contributed by atoms with Gasteiger partial charge < -0.3 is 10.5 Å². The van der Waals surface area contributed by atoms with Crippen molar-refractivity contribution >= 4 is 5.97 Å². The van der Waals surface area contributed by atoms with E-state index in [0.717, 1.165) is 16.7 Å². The monoisotopic (exact) mass is 288 g/mol. The van der Waals surface area contributed by atoms with Gasteiger partial charge in [0.25, 0.3) is 0 Å². The Balaban J connectivity index is 2.13. The van der Waals surface area contributed by atoms with E-state index in [0.29, 0.717) is 12.1 Å². The van der Waals surface area contributed by atoms with Gasteiger partial charge in [0.05, 0.1) is 12.8 Å². The number of ether oxygens (including phenoxy) is 1. The van der Waals surface area contributed by atoms with E-state index < -0.39 is 18.7 Å². The van der Waals surface area contributed by atoms with Crippen LogP contribution in [0.5, 0.6) is 0 Å². The van der Waals surface area contributed by atoms with Crippen molar-refractivity contribution in [3.05, 3.63) is 53.9 Å². The summed E-state index contributed by atoms with van der Waals surface area (Å²) < 4.78 is 17.2. The summed E-state index contributed by atoms with van der Waals surface area (Å²) >= 11 is 0. The van der Waals surface area contributed by atoms with Crippen molar-refractivity contribution in [3.63, 3.8) is 0 Å². The second-order valence-electron chi connectivity index (χ2n) is 4.70. The molecule has 1 heterocycles. The smallest absolute Gasteiger partial charge is 0.322 e. The van der Waals surface area contributed by atoms with Gasteiger partial charge in [-0.2, -0.15) is 0 Å². The lowest BCUT2D eigenvalue weighted by molar-refractivity contribution is -0.142. The van der Waals surface area contributed by atoms with Crippen molar-refractivity contribution in [2.75, 3.05) is 7.11 Å². The van der Waals surface area contributed by atoms with Gasteiger partial charge in [0.2, 0.25) is 0 Å². The van der Waals surface area contributed by atoms with Crippen LogP contribution in [0.3, 0.4) is 0 Å². The summed E-state index contributed by atoms with van der Waals surface area (Å²) in [5, 5.41) is 0. The van der Waals surface area contributed by atoms with Crippen LogP contribution < -0.4 is 5.73 Å². The number of carbonyl (C=O) groups is 1. The molecule has 0 saturated heterocycles. The summed E-state index contributed by atoms with van der Waals surface area (Å²) in [6.07, 6.45) is 2.00. The predicted molar refractivity (Wildman–Crippen MR) is 78.2 cm³/mol. The van der Waals surface area contributed by atoms with E-state index in [2.05, 4.69) is 9.72 Å². The highest BCUT2D eigenvalue weighted by atomic mass is 19.1. The Hall–Kier alpha value is -2.27. The molecule has 21 heavy (non-hydrogen) atoms. The zero-order valence-electron chi connectivity index (χ0n) is 11.8. The van der Waals surface area contributed by atoms with Crippen molar-refractivity contribution in [2.45, 2.75) is 19.1 Å². The third-order valence-electron chi connectivity index (χ3n) is 3.20. The number of nitrogens with zero attached hydrogens (tertiary/aromatic N) is 1. The topological polar surface area (TPSA) is 65.2 Å². The number of nitrogens with two attached hydrogens (primary N) is 1. The second kappa shape index (κ2) is 6.95. The normalized spacial score (nSPS) is 12.0. The van der Waals surface area contributed by atoms with Gasteiger partial charge in [-0.25, -0.2) is 4.39 Å². The minimum atomic E-state index is -0.667. The van der Waals surface area contributed by atoms with Crippen molar-refractivity contribution in [2.24, 2.45) is 5.73 Å². The zero-order chi connectivity index (χ0) is 15.2. The summed E-state index contributed by atoms with van der Waals surface area (Å²) in [6.45, 7) is -0.583. The van der Waals surface area contributed by atoms with E-state index in [9.17, 15) is 9.18 Å². The lowest BCUT2D eigenvalue weighted by atomic mass is 10.0. The summed E-state index contributed by atoms with van der Waals surface area (Å²) in [5.74, 6) is -0.430. The first-order valence-electron chi connectivity index (χ1n) is 6.57. The number of hydrogen-bond acceptors (Lipinski definition) is 4. The number of carbonyl (C=O) groups excluding carboxylic acids is 1. The SMILES string of the molecule is COC(=O)[C@@H](N)Cc1ccc(-c2ccnc(CF)c2)cc1. The molecule has 5 heteroatoms. The van der Waals surface area contributed by atoms with Gasteiger partial charge in [-0.1, -0.05) is 24.3 Å². The number of hydrogen-bond donors (Lipinski definition) is 1. The minimum Gasteiger partial charge on any atom is -0.468 e. The lowest BCUT2D eigenvalue weighted by Gasteiger charge is -2.10. The van der Waals surface area contributed by atoms with Gasteiger partial charge in [-0.3, -0.25) is 9.78 Å². The van der Waals surface area contributed by atoms with Crippen LogP contribution in [0, 0.1) is 0 Å². The Morgan fingerprint density at radius 3 is 2.62 bits per heavy atom. The average Bonchev–Trinajstić information content (AvgIpc) is 2.54. The maximum absolute atomic E-state index is 12.6. The molecule has 0 aliphatic heterocycles. The number of benzene rings is 1. The van der Waals surface area contributed by atoms with Gasteiger partial charge in [-0.05, 0) is 35.2 Å². The van der Waals surface area contributed by atoms with Crippen LogP contribution in [0.15, 0.2) is 42.6 Å². The first kappa shape index (κ1) is 15.1. The number of methoxy groups -OCH3 is 1. The highest BCUT2D eigenvalue weighted by Gasteiger charge is 2.14. The fraction of sp³-hybridized carbons (Fsp3) is 0.250. The number of rotatable bonds is 5. The number of halogens is 1. The van der Waals surface area contributed by atoms with E-state index in [1.54, 1.807) is 12.3 Å². The van der Waals surface area contributed by atoms with E-state index >= 15 is 0 Å². The number of pyridine rings is 1. The Morgan fingerprint density at radius 1 is 1.29 bits per heavy atom. The summed E-state index contributed by atoms with van der Waals surface area (Å²) in [4.78, 5) is 15.2. The van der Waals surface area contributed by atoms with E-state index in [1.165, 1.54) is 7.11 Å². The molecule has 0 fully saturated rings. The second-order valence-corrected chi connectivity index (χ2v) is 4.70. The quantitative estimate of drug-likeness (QED) is 0.857. The van der Waals surface area contributed by atoms with Crippen molar-refractivity contribution < 1.29 is 13.9 Å². The maximum Gasteiger partial charge on any atom is 0.322 e. The van der Waals surface area contributed by atoms with Crippen molar-refractivity contribution in [1.29, 1.82) is 0 Å². The fourth-order valence-electron chi connectivity index (χ4n) is 2.05. The van der Waals surface area contributed by atoms with Gasteiger partial charge in [0, 0.05) is 6.20 Å². The van der Waals surface area contributed by atoms with Gasteiger partial charge in [0.15, 0.2) is 0 Å². The Kier molecular flexibility index (Phi) is 5.00. The number of esters is 1. The standard InChI is InChI=1S/C16H17FN2O2/c1-21-16(20)15(18)8-11-2-4-12(5-3-11)13-6-7-19-14(9-13)10-17/h2-7,9,15H,8,10,18H2,1H3/t15-/m0/s1. The van der Waals surface area contributed by atoms with Crippen LogP contribution in [-0.4, -0.2) is 24.1 Å². The first-order valence-corrected chi connectivity index (χ1v) is 6.57. The molecule has 110 valence electrons. The summed E-state index contributed by atoms with van der Waals surface area (Å²) in [6, 6.07) is 10.5. The van der Waals surface area contributed by atoms with Crippen molar-refractivity contribution in [3.8, 4) is 11.1 Å². The van der Waals surface area contributed by atoms with Crippen LogP contribution in [0.25, 0.3) is 11.1 Å². The molecule has 1 aromatic carbocycles. The number of aromatic nitrogens is 1. The molecule has 4 nitrogen and oxygen atoms in total. The van der Waals surface area contributed by atoms with E-state index in [4.69, 9.17) is 5.73 Å². The Labute approximate surface area is 122 Å². The van der Waals surface area contributed by atoms with Gasteiger partial charge in [0.1, 0.15) is 12.7 Å². The van der Waals surface area contributed by atoms with Gasteiger partial charge in [-0.15, -0.1) is 0 Å². The summed E-state index contributed by atoms with van der Waals surface area (Å²) in [5.41, 5.74) is 8.93. The average molecular weight is 288 g/mol. The van der Waals surface area contributed by atoms with Crippen LogP contribution in [0.1, 0.15) is 11.3 Å². The Bertz CT molecular complexity index is 614. The van der Waals surface area contributed by atoms with Gasteiger partial charge >= 0.3 is 5.97 Å². The number of alkyl halides is 1. The molecule has 0 aliphatic rings. The Morgan fingerprint density at radius 2 is 2.00 bits per heavy atom. The molecule has 0 radical (unpaired) electrons. The van der Waals surface area contributed by atoms with Crippen LogP contribution in [-0.2, 0) is 22.6 Å². The van der Waals surface area contributed by atoms with Crippen LogP contribution in [0.4, 0.5) is 4.39 Å². The maximum atomic E-state index is 12.6. The first-order chi connectivity index (χ1) is 10.1. The molecule has 0 aliphatic carbocycles. The predicted octanol–water partition coefficient (Wildman–Crippen LogP) is 2.26. The molecule has 2 N–H and O–H groups in total. The zero-order valence-corrected chi connectivity index (χ0v) is 11.8. The lowest BCUT2D eigenvalue weighted by Crippen LogP contribution is -2.33. The molecule has 0 unspecified atom stereocenters. The highest BCUT2D eigenvalue weighted by molar-refractivity contribution is 5.75. The summed E-state index contributed by atoms with van der Waals surface area (Å²) in [7, 11) is 1.32. The third kappa shape index (κ3) is 3.86. The minimum absolute atomic E-state index is 0.407. The molecule has 2 aromatic rings. The molecule has 0 amide bonds. The largest absolute Gasteiger partial charge is 0.468 e. The molecule has 0 saturated carbocycles. The molecule has 0 spiro atoms. The highest BCUT2D eigenvalue weighted by Crippen LogP contribution is 2.20. The molecular formula is C16H17FN2O2. The molecule has 1 atom stereocenters. The van der Waals surface area contributed by atoms with Crippen LogP contribution >= 0.6 is 0 Å². The third-order valence-corrected chi connectivity index (χ3v) is 3.20. The molecule has 1 aromatic heterocycles. The molecule has 0 bridgehead atoms. The van der Waals surface area contributed by atoms with Crippen LogP contribution in [0.2, 0.25) is 0 Å². The van der Waals surface area contributed by atoms with Crippen molar-refractivity contribution in [1.82, 2.24) is 4.98 Å². The van der Waals surface area contributed by atoms with E-state index in [-0.39, 0.29) is 0 Å². The molecular weight excluding hydrogens is 271 g/mol.